The second-order valence-electron chi connectivity index (χ2n) is 8.57. The number of hydrogen-bond donors (Lipinski definition) is 0. The number of amides is 1. The molecule has 1 fully saturated rings. The fraction of sp³-hybridized carbons (Fsp3) is 0.391. The molecule has 6 heteroatoms. The third-order valence-corrected chi connectivity index (χ3v) is 10.6. The van der Waals surface area contributed by atoms with Gasteiger partial charge in [0.05, 0.1) is 18.6 Å². The van der Waals surface area contributed by atoms with Crippen molar-refractivity contribution >= 4 is 30.6 Å². The molecule has 1 aliphatic heterocycles. The molecule has 1 aliphatic rings. The Morgan fingerprint density at radius 3 is 1.90 bits per heavy atom. The number of nitrogens with zero attached hydrogens (tertiary/aromatic N) is 1. The van der Waals surface area contributed by atoms with Crippen LogP contribution in [-0.4, -0.2) is 37.9 Å². The fourth-order valence-corrected chi connectivity index (χ4v) is 8.79. The van der Waals surface area contributed by atoms with Crippen molar-refractivity contribution in [2.24, 2.45) is 5.92 Å². The molecule has 0 spiro atoms. The molecule has 0 radical (unpaired) electrons. The van der Waals surface area contributed by atoms with Gasteiger partial charge in [-0.15, -0.1) is 0 Å². The minimum absolute atomic E-state index is 0.160. The van der Waals surface area contributed by atoms with Gasteiger partial charge in [-0.05, 0) is 22.3 Å². The van der Waals surface area contributed by atoms with E-state index in [1.165, 1.54) is 17.3 Å². The fourth-order valence-electron chi connectivity index (χ4n) is 4.06. The molecule has 1 saturated heterocycles. The summed E-state index contributed by atoms with van der Waals surface area (Å²) in [5.41, 5.74) is 0. The molecule has 0 N–H and O–H groups in total. The summed E-state index contributed by atoms with van der Waals surface area (Å²) in [5.74, 6) is -1.01. The number of carbonyl (C=O) groups excluding carboxylic acids is 2. The SMILES string of the molecule is CC(=O)ON1CC([C@@H](C)O[Si](c2ccccc2)(c2ccccc2)C(C)(C)C)C1=O. The van der Waals surface area contributed by atoms with Crippen molar-refractivity contribution in [3.05, 3.63) is 60.7 Å². The van der Waals surface area contributed by atoms with Crippen LogP contribution in [0.25, 0.3) is 0 Å². The van der Waals surface area contributed by atoms with Crippen LogP contribution in [0, 0.1) is 5.92 Å². The van der Waals surface area contributed by atoms with E-state index in [1.807, 2.05) is 43.3 Å². The third-order valence-electron chi connectivity index (χ3n) is 5.51. The van der Waals surface area contributed by atoms with E-state index >= 15 is 0 Å². The zero-order chi connectivity index (χ0) is 21.2. The number of β-lactam (4-membered cyclic amide) rings is 1. The second-order valence-corrected chi connectivity index (χ2v) is 12.8. The molecule has 2 aromatic rings. The van der Waals surface area contributed by atoms with E-state index in [4.69, 9.17) is 9.26 Å². The Morgan fingerprint density at radius 1 is 1.03 bits per heavy atom. The van der Waals surface area contributed by atoms with Gasteiger partial charge in [0.25, 0.3) is 14.2 Å². The highest BCUT2D eigenvalue weighted by atomic mass is 28.4. The summed E-state index contributed by atoms with van der Waals surface area (Å²) in [5, 5.41) is 3.31. The Bertz CT molecular complexity index is 824. The molecule has 0 saturated carbocycles. The molecule has 0 aromatic heterocycles. The second kappa shape index (κ2) is 8.12. The Morgan fingerprint density at radius 2 is 1.52 bits per heavy atom. The van der Waals surface area contributed by atoms with Crippen molar-refractivity contribution in [1.29, 1.82) is 0 Å². The average molecular weight is 412 g/mol. The highest BCUT2D eigenvalue weighted by Crippen LogP contribution is 2.39. The molecular formula is C23H29NO4Si. The van der Waals surface area contributed by atoms with Gasteiger partial charge in [0.15, 0.2) is 0 Å². The first-order chi connectivity index (χ1) is 13.7. The smallest absolute Gasteiger partial charge is 0.329 e. The quantitative estimate of drug-likeness (QED) is 0.542. The summed E-state index contributed by atoms with van der Waals surface area (Å²) in [4.78, 5) is 28.6. The van der Waals surface area contributed by atoms with Gasteiger partial charge in [-0.2, -0.15) is 5.06 Å². The molecule has 0 aliphatic carbocycles. The summed E-state index contributed by atoms with van der Waals surface area (Å²) in [6, 6.07) is 20.7. The normalized spacial score (nSPS) is 18.2. The summed E-state index contributed by atoms with van der Waals surface area (Å²) in [7, 11) is -2.72. The molecule has 5 nitrogen and oxygen atoms in total. The first kappa shape index (κ1) is 21.3. The Labute approximate surface area is 173 Å². The first-order valence-electron chi connectivity index (χ1n) is 9.95. The number of benzene rings is 2. The minimum atomic E-state index is -2.72. The van der Waals surface area contributed by atoms with E-state index < -0.39 is 14.3 Å². The highest BCUT2D eigenvalue weighted by Gasteiger charge is 2.54. The van der Waals surface area contributed by atoms with Gasteiger partial charge in [-0.1, -0.05) is 81.4 Å². The monoisotopic (exact) mass is 411 g/mol. The lowest BCUT2D eigenvalue weighted by molar-refractivity contribution is -0.224. The first-order valence-corrected chi connectivity index (χ1v) is 11.9. The molecule has 1 heterocycles. The van der Waals surface area contributed by atoms with Crippen molar-refractivity contribution in [3.8, 4) is 0 Å². The van der Waals surface area contributed by atoms with Crippen LogP contribution in [-0.2, 0) is 18.9 Å². The number of hydrogen-bond acceptors (Lipinski definition) is 4. The largest absolute Gasteiger partial charge is 0.404 e. The maximum atomic E-state index is 12.5. The maximum Gasteiger partial charge on any atom is 0.329 e. The zero-order valence-corrected chi connectivity index (χ0v) is 18.7. The lowest BCUT2D eigenvalue weighted by Crippen LogP contribution is -2.69. The number of hydroxylamine groups is 2. The molecule has 3 rings (SSSR count). The predicted molar refractivity (Wildman–Crippen MR) is 115 cm³/mol. The highest BCUT2D eigenvalue weighted by molar-refractivity contribution is 6.99. The lowest BCUT2D eigenvalue weighted by atomic mass is 9.96. The van der Waals surface area contributed by atoms with Crippen LogP contribution in [0.5, 0.6) is 0 Å². The molecule has 2 aromatic carbocycles. The van der Waals surface area contributed by atoms with Gasteiger partial charge < -0.3 is 9.26 Å². The van der Waals surface area contributed by atoms with Crippen molar-refractivity contribution in [2.45, 2.75) is 45.8 Å². The van der Waals surface area contributed by atoms with Crippen LogP contribution in [0.15, 0.2) is 60.7 Å². The van der Waals surface area contributed by atoms with Gasteiger partial charge in [0.1, 0.15) is 0 Å². The molecule has 0 bridgehead atoms. The van der Waals surface area contributed by atoms with Crippen molar-refractivity contribution in [3.63, 3.8) is 0 Å². The molecule has 2 atom stereocenters. The van der Waals surface area contributed by atoms with E-state index in [0.29, 0.717) is 6.54 Å². The van der Waals surface area contributed by atoms with Gasteiger partial charge in [-0.25, -0.2) is 0 Å². The minimum Gasteiger partial charge on any atom is -0.404 e. The molecular weight excluding hydrogens is 382 g/mol. The van der Waals surface area contributed by atoms with Crippen LogP contribution in [0.3, 0.4) is 0 Å². The van der Waals surface area contributed by atoms with Gasteiger partial charge in [0, 0.05) is 6.92 Å². The summed E-state index contributed by atoms with van der Waals surface area (Å²) in [6.07, 6.45) is -0.305. The van der Waals surface area contributed by atoms with E-state index in [-0.39, 0.29) is 23.0 Å². The third kappa shape index (κ3) is 4.00. The Balaban J connectivity index is 1.99. The van der Waals surface area contributed by atoms with E-state index in [2.05, 4.69) is 45.0 Å². The van der Waals surface area contributed by atoms with E-state index in [9.17, 15) is 9.59 Å². The van der Waals surface area contributed by atoms with Crippen LogP contribution in [0.1, 0.15) is 34.6 Å². The Kier molecular flexibility index (Phi) is 5.96. The molecule has 1 amide bonds. The van der Waals surface area contributed by atoms with Crippen molar-refractivity contribution in [2.75, 3.05) is 6.54 Å². The van der Waals surface area contributed by atoms with Crippen molar-refractivity contribution < 1.29 is 18.9 Å². The van der Waals surface area contributed by atoms with Crippen LogP contribution in [0.2, 0.25) is 5.04 Å². The summed E-state index contributed by atoms with van der Waals surface area (Å²) in [6.45, 7) is 10.2. The predicted octanol–water partition coefficient (Wildman–Crippen LogP) is 2.89. The topological polar surface area (TPSA) is 55.8 Å². The standard InChI is InChI=1S/C23H29NO4Si/c1-17(21-16-24(22(21)26)27-18(2)25)28-29(23(3,4)5,19-12-8-6-9-13-19)20-14-10-7-11-15-20/h6-15,17,21H,16H2,1-5H3/t17-,21?/m1/s1. The van der Waals surface area contributed by atoms with E-state index in [0.717, 1.165) is 5.06 Å². The maximum absolute atomic E-state index is 12.5. The van der Waals surface area contributed by atoms with Crippen LogP contribution < -0.4 is 10.4 Å². The summed E-state index contributed by atoms with van der Waals surface area (Å²) < 4.78 is 6.95. The number of carbonyl (C=O) groups is 2. The molecule has 1 unspecified atom stereocenters. The van der Waals surface area contributed by atoms with Crippen LogP contribution in [0.4, 0.5) is 0 Å². The average Bonchev–Trinajstić information content (AvgIpc) is 2.68. The number of rotatable bonds is 6. The summed E-state index contributed by atoms with van der Waals surface area (Å²) >= 11 is 0. The Hall–Kier alpha value is -2.44. The van der Waals surface area contributed by atoms with Gasteiger partial charge in [-0.3, -0.25) is 9.59 Å². The van der Waals surface area contributed by atoms with Crippen molar-refractivity contribution in [1.82, 2.24) is 5.06 Å². The lowest BCUT2D eigenvalue weighted by Gasteiger charge is -2.47. The van der Waals surface area contributed by atoms with Gasteiger partial charge in [0.2, 0.25) is 0 Å². The van der Waals surface area contributed by atoms with Gasteiger partial charge >= 0.3 is 5.97 Å². The zero-order valence-electron chi connectivity index (χ0n) is 17.7. The molecule has 29 heavy (non-hydrogen) atoms. The molecule has 154 valence electrons. The van der Waals surface area contributed by atoms with Crippen LogP contribution >= 0.6 is 0 Å². The van der Waals surface area contributed by atoms with E-state index in [1.54, 1.807) is 0 Å².